The summed E-state index contributed by atoms with van der Waals surface area (Å²) >= 11 is 13.7. The lowest BCUT2D eigenvalue weighted by Crippen LogP contribution is -2.22. The van der Waals surface area contributed by atoms with Gasteiger partial charge in [-0.1, -0.05) is 53.2 Å². The predicted octanol–water partition coefficient (Wildman–Crippen LogP) is 4.93. The van der Waals surface area contributed by atoms with Gasteiger partial charge in [-0.25, -0.2) is 0 Å². The molecule has 0 aliphatic carbocycles. The molecule has 0 N–H and O–H groups in total. The second kappa shape index (κ2) is 9.28. The standard InChI is InChI=1S/C20H18Cl2N4OS/c1-3-9-26-18(23-24-20(26)28-11-4-2)16-6-5-10-25(19(16)27)13-14-7-8-15(21)12-17(14)22/h3-8,10,12H,1-2,9,11,13H2. The summed E-state index contributed by atoms with van der Waals surface area (Å²) in [6.45, 7) is 8.34. The van der Waals surface area contributed by atoms with Gasteiger partial charge >= 0.3 is 0 Å². The summed E-state index contributed by atoms with van der Waals surface area (Å²) < 4.78 is 3.46. The molecule has 0 aliphatic rings. The molecule has 2 heterocycles. The van der Waals surface area contributed by atoms with Crippen LogP contribution >= 0.6 is 35.0 Å². The molecule has 0 saturated heterocycles. The lowest BCUT2D eigenvalue weighted by Gasteiger charge is -2.11. The molecule has 0 amide bonds. The van der Waals surface area contributed by atoms with Crippen LogP contribution in [0.3, 0.4) is 0 Å². The molecule has 0 saturated carbocycles. The van der Waals surface area contributed by atoms with E-state index in [1.165, 1.54) is 11.8 Å². The number of aromatic nitrogens is 4. The number of thioether (sulfide) groups is 1. The highest BCUT2D eigenvalue weighted by Gasteiger charge is 2.17. The van der Waals surface area contributed by atoms with Crippen molar-refractivity contribution in [3.05, 3.63) is 87.8 Å². The van der Waals surface area contributed by atoms with Crippen LogP contribution in [-0.4, -0.2) is 25.1 Å². The molecule has 5 nitrogen and oxygen atoms in total. The molecule has 0 bridgehead atoms. The highest BCUT2D eigenvalue weighted by Crippen LogP contribution is 2.24. The van der Waals surface area contributed by atoms with Gasteiger partial charge in [-0.05, 0) is 29.8 Å². The van der Waals surface area contributed by atoms with Crippen LogP contribution in [0, 0.1) is 0 Å². The Kier molecular flexibility index (Phi) is 6.78. The van der Waals surface area contributed by atoms with E-state index in [0.717, 1.165) is 5.56 Å². The molecular weight excluding hydrogens is 415 g/mol. The predicted molar refractivity (Wildman–Crippen MR) is 116 cm³/mol. The van der Waals surface area contributed by atoms with Crippen LogP contribution in [-0.2, 0) is 13.1 Å². The maximum Gasteiger partial charge on any atom is 0.261 e. The Bertz CT molecular complexity index is 1070. The van der Waals surface area contributed by atoms with Crippen molar-refractivity contribution in [2.75, 3.05) is 5.75 Å². The Hall–Kier alpha value is -2.28. The number of benzene rings is 1. The van der Waals surface area contributed by atoms with E-state index in [2.05, 4.69) is 23.4 Å². The Morgan fingerprint density at radius 1 is 1.14 bits per heavy atom. The van der Waals surface area contributed by atoms with Crippen molar-refractivity contribution in [3.8, 4) is 11.4 Å². The van der Waals surface area contributed by atoms with Crippen molar-refractivity contribution in [1.82, 2.24) is 19.3 Å². The van der Waals surface area contributed by atoms with Gasteiger partial charge in [0.25, 0.3) is 5.56 Å². The number of allylic oxidation sites excluding steroid dienone is 1. The molecule has 0 radical (unpaired) electrons. The molecule has 0 fully saturated rings. The number of nitrogens with zero attached hydrogens (tertiary/aromatic N) is 4. The minimum Gasteiger partial charge on any atom is -0.310 e. The Morgan fingerprint density at radius 3 is 2.68 bits per heavy atom. The first kappa shape index (κ1) is 20.5. The fourth-order valence-electron chi connectivity index (χ4n) is 2.69. The fraction of sp³-hybridized carbons (Fsp3) is 0.150. The van der Waals surface area contributed by atoms with Crippen molar-refractivity contribution >= 4 is 35.0 Å². The summed E-state index contributed by atoms with van der Waals surface area (Å²) in [5, 5.41) is 10.3. The molecule has 3 aromatic rings. The Morgan fingerprint density at radius 2 is 1.96 bits per heavy atom. The summed E-state index contributed by atoms with van der Waals surface area (Å²) in [6.07, 6.45) is 5.26. The number of pyridine rings is 1. The third kappa shape index (κ3) is 4.41. The average molecular weight is 433 g/mol. The third-order valence-electron chi connectivity index (χ3n) is 3.98. The van der Waals surface area contributed by atoms with Crippen molar-refractivity contribution in [3.63, 3.8) is 0 Å². The summed E-state index contributed by atoms with van der Waals surface area (Å²) in [6, 6.07) is 8.78. The van der Waals surface area contributed by atoms with Gasteiger partial charge in [0, 0.05) is 28.5 Å². The van der Waals surface area contributed by atoms with Crippen molar-refractivity contribution < 1.29 is 0 Å². The lowest BCUT2D eigenvalue weighted by atomic mass is 10.2. The van der Waals surface area contributed by atoms with Gasteiger partial charge in [-0.3, -0.25) is 9.36 Å². The zero-order valence-corrected chi connectivity index (χ0v) is 17.3. The van der Waals surface area contributed by atoms with E-state index in [4.69, 9.17) is 23.2 Å². The van der Waals surface area contributed by atoms with Gasteiger partial charge in [0.1, 0.15) is 0 Å². The van der Waals surface area contributed by atoms with Crippen LogP contribution in [0.25, 0.3) is 11.4 Å². The second-order valence-electron chi connectivity index (χ2n) is 5.90. The normalized spacial score (nSPS) is 10.8. The van der Waals surface area contributed by atoms with Crippen molar-refractivity contribution in [2.24, 2.45) is 0 Å². The SMILES string of the molecule is C=CCSc1nnc(-c2cccn(Cc3ccc(Cl)cc3Cl)c2=O)n1CC=C. The first-order chi connectivity index (χ1) is 13.5. The minimum absolute atomic E-state index is 0.175. The van der Waals surface area contributed by atoms with Gasteiger partial charge in [-0.2, -0.15) is 0 Å². The lowest BCUT2D eigenvalue weighted by molar-refractivity contribution is 0.725. The van der Waals surface area contributed by atoms with Crippen molar-refractivity contribution in [2.45, 2.75) is 18.2 Å². The van der Waals surface area contributed by atoms with Crippen LogP contribution in [0.2, 0.25) is 10.0 Å². The second-order valence-corrected chi connectivity index (χ2v) is 7.73. The zero-order valence-electron chi connectivity index (χ0n) is 15.0. The van der Waals surface area contributed by atoms with Crippen molar-refractivity contribution in [1.29, 1.82) is 0 Å². The first-order valence-corrected chi connectivity index (χ1v) is 10.2. The van der Waals surface area contributed by atoms with E-state index < -0.39 is 0 Å². The van der Waals surface area contributed by atoms with Gasteiger partial charge in [0.2, 0.25) is 0 Å². The number of rotatable bonds is 8. The number of hydrogen-bond donors (Lipinski definition) is 0. The molecule has 8 heteroatoms. The molecule has 0 atom stereocenters. The Balaban J connectivity index is 2.01. The van der Waals surface area contributed by atoms with Gasteiger partial charge < -0.3 is 4.57 Å². The van der Waals surface area contributed by atoms with Gasteiger partial charge in [0.05, 0.1) is 12.1 Å². The highest BCUT2D eigenvalue weighted by atomic mass is 35.5. The molecule has 0 aliphatic heterocycles. The van der Waals surface area contributed by atoms with Crippen LogP contribution in [0.15, 0.2) is 71.8 Å². The topological polar surface area (TPSA) is 52.7 Å². The summed E-state index contributed by atoms with van der Waals surface area (Å²) in [5.74, 6) is 1.21. The summed E-state index contributed by atoms with van der Waals surface area (Å²) in [5.41, 5.74) is 1.10. The first-order valence-electron chi connectivity index (χ1n) is 8.46. The quantitative estimate of drug-likeness (QED) is 0.374. The van der Waals surface area contributed by atoms with Gasteiger partial charge in [0.15, 0.2) is 11.0 Å². The van der Waals surface area contributed by atoms with Crippen LogP contribution in [0.1, 0.15) is 5.56 Å². The fourth-order valence-corrected chi connectivity index (χ4v) is 3.84. The maximum atomic E-state index is 13.1. The molecule has 144 valence electrons. The summed E-state index contributed by atoms with van der Waals surface area (Å²) in [4.78, 5) is 13.1. The molecule has 0 spiro atoms. The van der Waals surface area contributed by atoms with E-state index in [1.807, 2.05) is 16.7 Å². The molecule has 28 heavy (non-hydrogen) atoms. The van der Waals surface area contributed by atoms with E-state index in [9.17, 15) is 4.79 Å². The molecule has 2 aromatic heterocycles. The molecule has 3 rings (SSSR count). The molecule has 0 unspecified atom stereocenters. The van der Waals surface area contributed by atoms with E-state index in [-0.39, 0.29) is 5.56 Å². The summed E-state index contributed by atoms with van der Waals surface area (Å²) in [7, 11) is 0. The maximum absolute atomic E-state index is 13.1. The van der Waals surface area contributed by atoms with Crippen LogP contribution < -0.4 is 5.56 Å². The van der Waals surface area contributed by atoms with Gasteiger partial charge in [-0.15, -0.1) is 23.4 Å². The third-order valence-corrected chi connectivity index (χ3v) is 5.53. The Labute approximate surface area is 177 Å². The van der Waals surface area contributed by atoms with Crippen LogP contribution in [0.5, 0.6) is 0 Å². The van der Waals surface area contributed by atoms with E-state index in [0.29, 0.717) is 45.4 Å². The average Bonchev–Trinajstić information content (AvgIpc) is 3.06. The van der Waals surface area contributed by atoms with E-state index in [1.54, 1.807) is 41.1 Å². The number of hydrogen-bond acceptors (Lipinski definition) is 4. The smallest absolute Gasteiger partial charge is 0.261 e. The number of halogens is 2. The monoisotopic (exact) mass is 432 g/mol. The zero-order chi connectivity index (χ0) is 20.1. The van der Waals surface area contributed by atoms with E-state index >= 15 is 0 Å². The molecule has 1 aromatic carbocycles. The van der Waals surface area contributed by atoms with Crippen LogP contribution in [0.4, 0.5) is 0 Å². The largest absolute Gasteiger partial charge is 0.310 e. The highest BCUT2D eigenvalue weighted by molar-refractivity contribution is 7.99. The molecular formula is C20H18Cl2N4OS. The minimum atomic E-state index is -0.175.